The van der Waals surface area contributed by atoms with Gasteiger partial charge in [-0.3, -0.25) is 4.90 Å². The minimum absolute atomic E-state index is 0.176. The number of piperazine rings is 1. The van der Waals surface area contributed by atoms with Gasteiger partial charge in [-0.05, 0) is 59.9 Å². The van der Waals surface area contributed by atoms with E-state index in [-0.39, 0.29) is 12.1 Å². The smallest absolute Gasteiger partial charge is 0.119 e. The fourth-order valence-corrected chi connectivity index (χ4v) is 5.71. The number of halogens is 2. The molecule has 1 aliphatic heterocycles. The highest BCUT2D eigenvalue weighted by atomic mass is 79.9. The molecule has 1 saturated heterocycles. The lowest BCUT2D eigenvalue weighted by Gasteiger charge is -2.43. The fourth-order valence-electron chi connectivity index (χ4n) is 4.32. The van der Waals surface area contributed by atoms with Gasteiger partial charge < -0.3 is 14.8 Å². The normalized spacial score (nSPS) is 22.7. The molecule has 0 saturated carbocycles. The molecule has 150 valence electrons. The van der Waals surface area contributed by atoms with Crippen molar-refractivity contribution in [2.75, 3.05) is 33.3 Å². The summed E-state index contributed by atoms with van der Waals surface area (Å²) >= 11 is 7.15. The number of benzene rings is 2. The van der Waals surface area contributed by atoms with Crippen molar-refractivity contribution in [3.63, 3.8) is 0 Å². The molecular formula is C22H26Br2N2O2. The Balaban J connectivity index is 1.59. The maximum atomic E-state index is 6.53. The SMILES string of the molecule is COc1ccc2c(c1)C(N1CCNCC1)C(OCc1cc(Br)cc(Br)c1)CC2. The molecule has 1 N–H and O–H groups in total. The Morgan fingerprint density at radius 1 is 1.07 bits per heavy atom. The van der Waals surface area contributed by atoms with E-state index in [4.69, 9.17) is 9.47 Å². The van der Waals surface area contributed by atoms with E-state index in [0.29, 0.717) is 6.61 Å². The average Bonchev–Trinajstić information content (AvgIpc) is 2.71. The summed E-state index contributed by atoms with van der Waals surface area (Å²) in [5.41, 5.74) is 3.97. The van der Waals surface area contributed by atoms with Gasteiger partial charge in [0.1, 0.15) is 5.75 Å². The van der Waals surface area contributed by atoms with Gasteiger partial charge in [0.15, 0.2) is 0 Å². The summed E-state index contributed by atoms with van der Waals surface area (Å²) in [7, 11) is 1.74. The Bertz CT molecular complexity index is 804. The molecule has 0 spiro atoms. The second kappa shape index (κ2) is 9.26. The number of rotatable bonds is 5. The molecule has 1 heterocycles. The van der Waals surface area contributed by atoms with Crippen molar-refractivity contribution in [3.8, 4) is 5.75 Å². The van der Waals surface area contributed by atoms with Gasteiger partial charge in [0, 0.05) is 35.1 Å². The van der Waals surface area contributed by atoms with Crippen LogP contribution in [0.1, 0.15) is 29.2 Å². The van der Waals surface area contributed by atoms with E-state index >= 15 is 0 Å². The predicted octanol–water partition coefficient (Wildman–Crippen LogP) is 4.70. The summed E-state index contributed by atoms with van der Waals surface area (Å²) in [5, 5.41) is 3.47. The van der Waals surface area contributed by atoms with Crippen molar-refractivity contribution in [3.05, 3.63) is 62.0 Å². The first kappa shape index (κ1) is 20.4. The number of aryl methyl sites for hydroxylation is 1. The van der Waals surface area contributed by atoms with Crippen molar-refractivity contribution >= 4 is 31.9 Å². The van der Waals surface area contributed by atoms with Crippen LogP contribution >= 0.6 is 31.9 Å². The zero-order chi connectivity index (χ0) is 19.5. The van der Waals surface area contributed by atoms with Crippen LogP contribution in [0.25, 0.3) is 0 Å². The first-order valence-corrected chi connectivity index (χ1v) is 11.4. The molecule has 0 bridgehead atoms. The summed E-state index contributed by atoms with van der Waals surface area (Å²) in [5.74, 6) is 0.926. The molecule has 2 atom stereocenters. The highest BCUT2D eigenvalue weighted by molar-refractivity contribution is 9.11. The molecule has 0 amide bonds. The number of ether oxygens (including phenoxy) is 2. The molecule has 2 aliphatic rings. The van der Waals surface area contributed by atoms with Crippen LogP contribution in [0.5, 0.6) is 5.75 Å². The number of nitrogens with zero attached hydrogens (tertiary/aromatic N) is 1. The standard InChI is InChI=1S/C22H26Br2N2O2/c1-27-19-4-2-16-3-5-21(28-14-15-10-17(23)12-18(24)11-15)22(20(16)13-19)26-8-6-25-7-9-26/h2,4,10-13,21-22,25H,3,5-9,14H2,1H3. The van der Waals surface area contributed by atoms with Gasteiger partial charge in [-0.1, -0.05) is 37.9 Å². The minimum Gasteiger partial charge on any atom is -0.497 e. The quantitative estimate of drug-likeness (QED) is 0.633. The lowest BCUT2D eigenvalue weighted by molar-refractivity contribution is -0.0379. The molecule has 0 radical (unpaired) electrons. The number of nitrogens with one attached hydrogen (secondary N) is 1. The van der Waals surface area contributed by atoms with Crippen LogP contribution in [-0.2, 0) is 17.8 Å². The molecule has 4 rings (SSSR count). The molecule has 2 unspecified atom stereocenters. The molecule has 0 aromatic heterocycles. The van der Waals surface area contributed by atoms with E-state index in [2.05, 4.69) is 78.5 Å². The molecule has 2 aromatic rings. The Hall–Kier alpha value is -0.920. The number of hydrogen-bond acceptors (Lipinski definition) is 4. The highest BCUT2D eigenvalue weighted by Crippen LogP contribution is 2.38. The molecule has 1 aliphatic carbocycles. The Labute approximate surface area is 183 Å². The highest BCUT2D eigenvalue weighted by Gasteiger charge is 2.35. The van der Waals surface area contributed by atoms with Crippen LogP contribution in [0.4, 0.5) is 0 Å². The number of hydrogen-bond donors (Lipinski definition) is 1. The summed E-state index contributed by atoms with van der Waals surface area (Å²) in [6.07, 6.45) is 2.27. The van der Waals surface area contributed by atoms with Crippen LogP contribution < -0.4 is 10.1 Å². The van der Waals surface area contributed by atoms with E-state index in [1.54, 1.807) is 7.11 Å². The first-order chi connectivity index (χ1) is 13.6. The van der Waals surface area contributed by atoms with E-state index in [9.17, 15) is 0 Å². The lowest BCUT2D eigenvalue weighted by atomic mass is 9.84. The summed E-state index contributed by atoms with van der Waals surface area (Å²) < 4.78 is 14.2. The van der Waals surface area contributed by atoms with Crippen LogP contribution in [0.2, 0.25) is 0 Å². The summed E-state index contributed by atoms with van der Waals surface area (Å²) in [6.45, 7) is 4.76. The van der Waals surface area contributed by atoms with Gasteiger partial charge in [-0.2, -0.15) is 0 Å². The van der Waals surface area contributed by atoms with Crippen molar-refractivity contribution in [2.24, 2.45) is 0 Å². The summed E-state index contributed by atoms with van der Waals surface area (Å²) in [6, 6.07) is 13.1. The van der Waals surface area contributed by atoms with Gasteiger partial charge in [-0.15, -0.1) is 0 Å². The minimum atomic E-state index is 0.176. The van der Waals surface area contributed by atoms with Gasteiger partial charge in [0.2, 0.25) is 0 Å². The second-order valence-electron chi connectivity index (χ2n) is 7.46. The Morgan fingerprint density at radius 2 is 1.82 bits per heavy atom. The third-order valence-electron chi connectivity index (χ3n) is 5.65. The molecule has 6 heteroatoms. The third-order valence-corrected chi connectivity index (χ3v) is 6.57. The monoisotopic (exact) mass is 508 g/mol. The molecule has 2 aromatic carbocycles. The largest absolute Gasteiger partial charge is 0.497 e. The van der Waals surface area contributed by atoms with Crippen LogP contribution in [-0.4, -0.2) is 44.3 Å². The van der Waals surface area contributed by atoms with Crippen molar-refractivity contribution in [2.45, 2.75) is 31.6 Å². The van der Waals surface area contributed by atoms with Gasteiger partial charge >= 0.3 is 0 Å². The van der Waals surface area contributed by atoms with Gasteiger partial charge in [-0.25, -0.2) is 0 Å². The van der Waals surface area contributed by atoms with E-state index in [1.807, 2.05) is 0 Å². The maximum absolute atomic E-state index is 6.53. The lowest BCUT2D eigenvalue weighted by Crippen LogP contribution is -2.49. The topological polar surface area (TPSA) is 33.7 Å². The first-order valence-electron chi connectivity index (χ1n) is 9.82. The molecular weight excluding hydrogens is 484 g/mol. The Morgan fingerprint density at radius 3 is 2.54 bits per heavy atom. The van der Waals surface area contributed by atoms with Crippen molar-refractivity contribution in [1.82, 2.24) is 10.2 Å². The molecule has 1 fully saturated rings. The van der Waals surface area contributed by atoms with Crippen molar-refractivity contribution < 1.29 is 9.47 Å². The van der Waals surface area contributed by atoms with E-state index in [1.165, 1.54) is 16.7 Å². The van der Waals surface area contributed by atoms with Crippen LogP contribution in [0.15, 0.2) is 45.3 Å². The third kappa shape index (κ3) is 4.62. The van der Waals surface area contributed by atoms with Crippen molar-refractivity contribution in [1.29, 1.82) is 0 Å². The predicted molar refractivity (Wildman–Crippen MR) is 119 cm³/mol. The number of methoxy groups -OCH3 is 1. The van der Waals surface area contributed by atoms with Gasteiger partial charge in [0.25, 0.3) is 0 Å². The Kier molecular flexibility index (Phi) is 6.74. The molecule has 4 nitrogen and oxygen atoms in total. The van der Waals surface area contributed by atoms with Crippen LogP contribution in [0, 0.1) is 0 Å². The fraction of sp³-hybridized carbons (Fsp3) is 0.455. The van der Waals surface area contributed by atoms with E-state index < -0.39 is 0 Å². The average molecular weight is 510 g/mol. The zero-order valence-electron chi connectivity index (χ0n) is 16.1. The van der Waals surface area contributed by atoms with Crippen LogP contribution in [0.3, 0.4) is 0 Å². The number of fused-ring (bicyclic) bond motifs is 1. The van der Waals surface area contributed by atoms with Gasteiger partial charge in [0.05, 0.1) is 25.9 Å². The van der Waals surface area contributed by atoms with E-state index in [0.717, 1.165) is 53.7 Å². The maximum Gasteiger partial charge on any atom is 0.119 e. The molecule has 28 heavy (non-hydrogen) atoms. The second-order valence-corrected chi connectivity index (χ2v) is 9.29. The zero-order valence-corrected chi connectivity index (χ0v) is 19.3. The summed E-state index contributed by atoms with van der Waals surface area (Å²) in [4.78, 5) is 2.58.